The first kappa shape index (κ1) is 9.94. The fourth-order valence-electron chi connectivity index (χ4n) is 3.35. The highest BCUT2D eigenvalue weighted by atomic mass is 16.3. The maximum absolute atomic E-state index is 11.7. The molecule has 0 spiro atoms. The molecule has 16 heavy (non-hydrogen) atoms. The predicted octanol–water partition coefficient (Wildman–Crippen LogP) is 2.45. The molecule has 0 aliphatic heterocycles. The van der Waals surface area contributed by atoms with Gasteiger partial charge in [0.1, 0.15) is 0 Å². The summed E-state index contributed by atoms with van der Waals surface area (Å²) in [4.78, 5) is 11.7. The summed E-state index contributed by atoms with van der Waals surface area (Å²) >= 11 is 0. The van der Waals surface area contributed by atoms with Crippen molar-refractivity contribution in [3.05, 3.63) is 24.2 Å². The molecule has 0 radical (unpaired) electrons. The van der Waals surface area contributed by atoms with E-state index in [-0.39, 0.29) is 5.91 Å². The molecule has 1 heterocycles. The van der Waals surface area contributed by atoms with Gasteiger partial charge in [0.15, 0.2) is 5.76 Å². The van der Waals surface area contributed by atoms with Gasteiger partial charge >= 0.3 is 0 Å². The Labute approximate surface area is 95.2 Å². The van der Waals surface area contributed by atoms with Crippen LogP contribution in [0.3, 0.4) is 0 Å². The SMILES string of the molecule is O=C(NC[C@H]1C[C@H]2CC[C@@H]1C2)c1ccco1. The summed E-state index contributed by atoms with van der Waals surface area (Å²) in [7, 11) is 0. The van der Waals surface area contributed by atoms with Crippen molar-refractivity contribution in [2.45, 2.75) is 25.7 Å². The van der Waals surface area contributed by atoms with E-state index < -0.39 is 0 Å². The zero-order chi connectivity index (χ0) is 11.0. The number of rotatable bonds is 3. The Kier molecular flexibility index (Phi) is 2.46. The lowest BCUT2D eigenvalue weighted by molar-refractivity contribution is 0.0914. The number of hydrogen-bond acceptors (Lipinski definition) is 2. The largest absolute Gasteiger partial charge is 0.459 e. The van der Waals surface area contributed by atoms with Crippen molar-refractivity contribution in [1.82, 2.24) is 5.32 Å². The Morgan fingerprint density at radius 1 is 1.44 bits per heavy atom. The number of carbonyl (C=O) groups excluding carboxylic acids is 1. The molecular formula is C13H17NO2. The normalized spacial score (nSPS) is 31.9. The molecule has 0 aromatic carbocycles. The Morgan fingerprint density at radius 3 is 3.00 bits per heavy atom. The van der Waals surface area contributed by atoms with Gasteiger partial charge in [-0.2, -0.15) is 0 Å². The van der Waals surface area contributed by atoms with Gasteiger partial charge in [0.2, 0.25) is 0 Å². The van der Waals surface area contributed by atoms with Crippen LogP contribution in [-0.4, -0.2) is 12.5 Å². The number of furan rings is 1. The highest BCUT2D eigenvalue weighted by Gasteiger charge is 2.39. The topological polar surface area (TPSA) is 42.2 Å². The van der Waals surface area contributed by atoms with E-state index in [4.69, 9.17) is 4.42 Å². The van der Waals surface area contributed by atoms with Gasteiger partial charge in [0.25, 0.3) is 5.91 Å². The second-order valence-corrected chi connectivity index (χ2v) is 5.12. The van der Waals surface area contributed by atoms with Crippen LogP contribution in [0, 0.1) is 17.8 Å². The summed E-state index contributed by atoms with van der Waals surface area (Å²) in [5, 5.41) is 2.98. The van der Waals surface area contributed by atoms with Gasteiger partial charge in [0.05, 0.1) is 6.26 Å². The lowest BCUT2D eigenvalue weighted by atomic mass is 9.89. The Balaban J connectivity index is 1.52. The van der Waals surface area contributed by atoms with Crippen LogP contribution >= 0.6 is 0 Å². The summed E-state index contributed by atoms with van der Waals surface area (Å²) in [5.41, 5.74) is 0. The molecule has 2 bridgehead atoms. The Morgan fingerprint density at radius 2 is 2.38 bits per heavy atom. The third-order valence-electron chi connectivity index (χ3n) is 4.15. The van der Waals surface area contributed by atoms with Crippen LogP contribution in [0.1, 0.15) is 36.2 Å². The maximum Gasteiger partial charge on any atom is 0.286 e. The van der Waals surface area contributed by atoms with Crippen LogP contribution in [0.25, 0.3) is 0 Å². The van der Waals surface area contributed by atoms with Crippen LogP contribution < -0.4 is 5.32 Å². The van der Waals surface area contributed by atoms with E-state index in [2.05, 4.69) is 5.32 Å². The van der Waals surface area contributed by atoms with Crippen molar-refractivity contribution >= 4 is 5.91 Å². The first-order valence-corrected chi connectivity index (χ1v) is 6.14. The highest BCUT2D eigenvalue weighted by Crippen LogP contribution is 2.47. The zero-order valence-electron chi connectivity index (χ0n) is 9.32. The molecular weight excluding hydrogens is 202 g/mol. The van der Waals surface area contributed by atoms with Gasteiger partial charge in [-0.25, -0.2) is 0 Å². The van der Waals surface area contributed by atoms with Gasteiger partial charge in [0, 0.05) is 6.54 Å². The molecule has 1 aromatic rings. The minimum absolute atomic E-state index is 0.0761. The molecule has 3 nitrogen and oxygen atoms in total. The summed E-state index contributed by atoms with van der Waals surface area (Å²) in [5.74, 6) is 2.85. The van der Waals surface area contributed by atoms with Gasteiger partial charge in [-0.05, 0) is 49.1 Å². The number of fused-ring (bicyclic) bond motifs is 2. The number of nitrogens with one attached hydrogen (secondary N) is 1. The fraction of sp³-hybridized carbons (Fsp3) is 0.615. The van der Waals surface area contributed by atoms with Crippen molar-refractivity contribution < 1.29 is 9.21 Å². The van der Waals surface area contributed by atoms with Crippen LogP contribution in [0.5, 0.6) is 0 Å². The summed E-state index contributed by atoms with van der Waals surface area (Å²) in [6.45, 7) is 0.820. The summed E-state index contributed by atoms with van der Waals surface area (Å²) in [6, 6.07) is 3.45. The van der Waals surface area contributed by atoms with Crippen molar-refractivity contribution in [2.75, 3.05) is 6.54 Å². The minimum Gasteiger partial charge on any atom is -0.459 e. The predicted molar refractivity (Wildman–Crippen MR) is 60.0 cm³/mol. The molecule has 1 amide bonds. The fourth-order valence-corrected chi connectivity index (χ4v) is 3.35. The first-order valence-electron chi connectivity index (χ1n) is 6.14. The second-order valence-electron chi connectivity index (χ2n) is 5.12. The van der Waals surface area contributed by atoms with Gasteiger partial charge in [-0.15, -0.1) is 0 Å². The van der Waals surface area contributed by atoms with Crippen LogP contribution in [0.2, 0.25) is 0 Å². The van der Waals surface area contributed by atoms with Crippen LogP contribution in [0.15, 0.2) is 22.8 Å². The van der Waals surface area contributed by atoms with Gasteiger partial charge in [-0.1, -0.05) is 6.42 Å². The Hall–Kier alpha value is -1.25. The summed E-state index contributed by atoms with van der Waals surface area (Å²) in [6.07, 6.45) is 7.01. The monoisotopic (exact) mass is 219 g/mol. The molecule has 1 aromatic heterocycles. The van der Waals surface area contributed by atoms with E-state index in [0.29, 0.717) is 11.7 Å². The number of carbonyl (C=O) groups is 1. The number of hydrogen-bond donors (Lipinski definition) is 1. The third-order valence-corrected chi connectivity index (χ3v) is 4.15. The maximum atomic E-state index is 11.7. The molecule has 0 saturated heterocycles. The van der Waals surface area contributed by atoms with Crippen LogP contribution in [0.4, 0.5) is 0 Å². The quantitative estimate of drug-likeness (QED) is 0.848. The molecule has 0 unspecified atom stereocenters. The lowest BCUT2D eigenvalue weighted by Crippen LogP contribution is -2.31. The zero-order valence-corrected chi connectivity index (χ0v) is 9.32. The van der Waals surface area contributed by atoms with E-state index in [1.807, 2.05) is 0 Å². The molecule has 3 rings (SSSR count). The second kappa shape index (κ2) is 3.96. The summed E-state index contributed by atoms with van der Waals surface area (Å²) < 4.78 is 5.06. The highest BCUT2D eigenvalue weighted by molar-refractivity contribution is 5.91. The van der Waals surface area contributed by atoms with Crippen LogP contribution in [-0.2, 0) is 0 Å². The molecule has 2 saturated carbocycles. The Bertz CT molecular complexity index is 371. The van der Waals surface area contributed by atoms with E-state index in [1.54, 1.807) is 12.1 Å². The van der Waals surface area contributed by atoms with E-state index in [1.165, 1.54) is 31.9 Å². The van der Waals surface area contributed by atoms with Crippen molar-refractivity contribution in [3.8, 4) is 0 Å². The lowest BCUT2D eigenvalue weighted by Gasteiger charge is -2.21. The van der Waals surface area contributed by atoms with E-state index in [9.17, 15) is 4.79 Å². The molecule has 2 aliphatic carbocycles. The molecule has 1 N–H and O–H groups in total. The van der Waals surface area contributed by atoms with Crippen molar-refractivity contribution in [3.63, 3.8) is 0 Å². The average Bonchev–Trinajstić information content (AvgIpc) is 3.01. The van der Waals surface area contributed by atoms with Crippen molar-refractivity contribution in [1.29, 1.82) is 0 Å². The molecule has 3 atom stereocenters. The van der Waals surface area contributed by atoms with Crippen molar-refractivity contribution in [2.24, 2.45) is 17.8 Å². The molecule has 2 fully saturated rings. The van der Waals surface area contributed by atoms with E-state index in [0.717, 1.165) is 18.4 Å². The van der Waals surface area contributed by atoms with Gasteiger partial charge < -0.3 is 9.73 Å². The average molecular weight is 219 g/mol. The molecule has 3 heteroatoms. The third kappa shape index (κ3) is 1.75. The molecule has 2 aliphatic rings. The smallest absolute Gasteiger partial charge is 0.286 e. The van der Waals surface area contributed by atoms with E-state index >= 15 is 0 Å². The van der Waals surface area contributed by atoms with Gasteiger partial charge in [-0.3, -0.25) is 4.79 Å². The standard InChI is InChI=1S/C13H17NO2/c15-13(12-2-1-5-16-12)14-8-11-7-9-3-4-10(11)6-9/h1-2,5,9-11H,3-4,6-8H2,(H,14,15)/t9-,10+,11+/m0/s1. The number of amides is 1. The first-order chi connectivity index (χ1) is 7.83. The molecule has 86 valence electrons. The minimum atomic E-state index is -0.0761.